The third-order valence-corrected chi connectivity index (χ3v) is 2.15. The van der Waals surface area contributed by atoms with Crippen molar-refractivity contribution < 1.29 is 0 Å². The maximum Gasteiger partial charge on any atom is 0.0314 e. The quantitative estimate of drug-likeness (QED) is 0.549. The highest BCUT2D eigenvalue weighted by Gasteiger charge is 1.95. The van der Waals surface area contributed by atoms with Gasteiger partial charge in [0.2, 0.25) is 0 Å². The zero-order valence-corrected chi connectivity index (χ0v) is 9.19. The summed E-state index contributed by atoms with van der Waals surface area (Å²) in [6.07, 6.45) is 0. The van der Waals surface area contributed by atoms with Gasteiger partial charge in [0, 0.05) is 11.4 Å². The molecule has 0 spiro atoms. The van der Waals surface area contributed by atoms with Gasteiger partial charge in [-0.2, -0.15) is 0 Å². The molecule has 0 saturated carbocycles. The Kier molecular flexibility index (Phi) is 5.01. The molecule has 2 rings (SSSR count). The maximum absolute atomic E-state index is 5.61. The highest BCUT2D eigenvalue weighted by Crippen LogP contribution is 2.21. The van der Waals surface area contributed by atoms with E-state index < -0.39 is 0 Å². The first-order valence-electron chi connectivity index (χ1n) is 4.47. The molecule has 4 nitrogen and oxygen atoms in total. The van der Waals surface area contributed by atoms with Crippen LogP contribution in [0.4, 0.5) is 11.4 Å². The van der Waals surface area contributed by atoms with Crippen molar-refractivity contribution in [3.8, 4) is 11.1 Å². The molecule has 0 aliphatic heterocycles. The first-order valence-corrected chi connectivity index (χ1v) is 4.47. The van der Waals surface area contributed by atoms with Crippen molar-refractivity contribution in [3.63, 3.8) is 0 Å². The Bertz CT molecular complexity index is 376. The number of benzene rings is 2. The van der Waals surface area contributed by atoms with E-state index in [4.69, 9.17) is 11.5 Å². The molecule has 10 N–H and O–H groups in total. The zero-order chi connectivity index (χ0) is 9.97. The highest BCUT2D eigenvalue weighted by molar-refractivity contribution is 5.67. The van der Waals surface area contributed by atoms with Crippen LogP contribution in [0.5, 0.6) is 0 Å². The summed E-state index contributed by atoms with van der Waals surface area (Å²) in [4.78, 5) is 0. The van der Waals surface area contributed by atoms with Gasteiger partial charge >= 0.3 is 0 Å². The van der Waals surface area contributed by atoms with Crippen molar-refractivity contribution in [2.45, 2.75) is 0 Å². The predicted molar refractivity (Wildman–Crippen MR) is 70.7 cm³/mol. The third kappa shape index (κ3) is 2.98. The molecule has 0 amide bonds. The Labute approximate surface area is 95.4 Å². The van der Waals surface area contributed by atoms with Gasteiger partial charge in [0.05, 0.1) is 0 Å². The molecule has 0 saturated heterocycles. The topological polar surface area (TPSA) is 122 Å². The Morgan fingerprint density at radius 3 is 1.00 bits per heavy atom. The number of rotatable bonds is 1. The summed E-state index contributed by atoms with van der Waals surface area (Å²) in [5.74, 6) is 0. The zero-order valence-electron chi connectivity index (χ0n) is 9.19. The minimum absolute atomic E-state index is 0. The van der Waals surface area contributed by atoms with Gasteiger partial charge < -0.3 is 23.8 Å². The molecule has 2 aromatic rings. The highest BCUT2D eigenvalue weighted by atomic mass is 14.5. The first-order chi connectivity index (χ1) is 6.75. The van der Waals surface area contributed by atoms with Crippen molar-refractivity contribution in [3.05, 3.63) is 48.5 Å². The van der Waals surface area contributed by atoms with E-state index in [1.165, 1.54) is 0 Å². The summed E-state index contributed by atoms with van der Waals surface area (Å²) in [6, 6.07) is 15.6. The maximum atomic E-state index is 5.61. The smallest absolute Gasteiger partial charge is 0.0314 e. The van der Waals surface area contributed by atoms with Crippen LogP contribution in [-0.4, -0.2) is 0 Å². The second-order valence-corrected chi connectivity index (χ2v) is 3.24. The van der Waals surface area contributed by atoms with Gasteiger partial charge in [0.1, 0.15) is 0 Å². The molecule has 0 aliphatic rings. The molecular formula is C12H18N4. The van der Waals surface area contributed by atoms with E-state index in [1.54, 1.807) is 0 Å². The Morgan fingerprint density at radius 1 is 0.500 bits per heavy atom. The lowest BCUT2D eigenvalue weighted by atomic mass is 10.1. The first kappa shape index (κ1) is 14.0. The van der Waals surface area contributed by atoms with Crippen LogP contribution in [-0.2, 0) is 0 Å². The number of anilines is 2. The van der Waals surface area contributed by atoms with E-state index in [0.717, 1.165) is 22.5 Å². The molecule has 2 aromatic carbocycles. The standard InChI is InChI=1S/C12H12N2.2H3N/c13-11-5-1-9(2-6-11)10-3-7-12(14)8-4-10;;/h1-8H,13-14H2;2*1H3. The lowest BCUT2D eigenvalue weighted by molar-refractivity contribution is 1.61. The summed E-state index contributed by atoms with van der Waals surface area (Å²) in [7, 11) is 0. The lowest BCUT2D eigenvalue weighted by Crippen LogP contribution is -1.85. The number of nitrogen functional groups attached to an aromatic ring is 2. The SMILES string of the molecule is N.N.Nc1ccc(-c2ccc(N)cc2)cc1. The number of hydrogen-bond donors (Lipinski definition) is 4. The van der Waals surface area contributed by atoms with Crippen molar-refractivity contribution in [2.24, 2.45) is 0 Å². The van der Waals surface area contributed by atoms with E-state index >= 15 is 0 Å². The lowest BCUT2D eigenvalue weighted by Gasteiger charge is -2.02. The Balaban J connectivity index is 0.00000112. The van der Waals surface area contributed by atoms with Gasteiger partial charge in [-0.05, 0) is 35.4 Å². The third-order valence-electron chi connectivity index (χ3n) is 2.15. The van der Waals surface area contributed by atoms with Crippen molar-refractivity contribution in [2.75, 3.05) is 11.5 Å². The molecule has 0 fully saturated rings. The molecule has 0 aromatic heterocycles. The molecule has 86 valence electrons. The molecule has 16 heavy (non-hydrogen) atoms. The normalized spacial score (nSPS) is 8.75. The van der Waals surface area contributed by atoms with E-state index in [1.807, 2.05) is 48.5 Å². The molecular weight excluding hydrogens is 200 g/mol. The molecule has 0 bridgehead atoms. The molecule has 0 unspecified atom stereocenters. The predicted octanol–water partition coefficient (Wildman–Crippen LogP) is 2.84. The van der Waals surface area contributed by atoms with Crippen LogP contribution in [0.2, 0.25) is 0 Å². The fourth-order valence-corrected chi connectivity index (χ4v) is 1.35. The second-order valence-electron chi connectivity index (χ2n) is 3.24. The van der Waals surface area contributed by atoms with Crippen LogP contribution in [0.25, 0.3) is 11.1 Å². The molecule has 0 atom stereocenters. The summed E-state index contributed by atoms with van der Waals surface area (Å²) in [6.45, 7) is 0. The van der Waals surface area contributed by atoms with Gasteiger partial charge in [-0.15, -0.1) is 0 Å². The fraction of sp³-hybridized carbons (Fsp3) is 0. The Morgan fingerprint density at radius 2 is 0.750 bits per heavy atom. The van der Waals surface area contributed by atoms with Crippen molar-refractivity contribution >= 4 is 11.4 Å². The molecule has 0 heterocycles. The van der Waals surface area contributed by atoms with Crippen molar-refractivity contribution in [1.82, 2.24) is 12.3 Å². The largest absolute Gasteiger partial charge is 0.399 e. The van der Waals surface area contributed by atoms with Gasteiger partial charge in [-0.1, -0.05) is 24.3 Å². The monoisotopic (exact) mass is 218 g/mol. The molecule has 0 aliphatic carbocycles. The van der Waals surface area contributed by atoms with Crippen LogP contribution in [0.15, 0.2) is 48.5 Å². The second kappa shape index (κ2) is 5.75. The van der Waals surface area contributed by atoms with Gasteiger partial charge in [0.25, 0.3) is 0 Å². The molecule has 4 heteroatoms. The number of hydrogen-bond acceptors (Lipinski definition) is 4. The fourth-order valence-electron chi connectivity index (χ4n) is 1.35. The minimum Gasteiger partial charge on any atom is -0.399 e. The van der Waals surface area contributed by atoms with E-state index in [9.17, 15) is 0 Å². The minimum atomic E-state index is 0. The van der Waals surface area contributed by atoms with E-state index in [-0.39, 0.29) is 12.3 Å². The van der Waals surface area contributed by atoms with Crippen molar-refractivity contribution in [1.29, 1.82) is 0 Å². The molecule has 0 radical (unpaired) electrons. The average Bonchev–Trinajstić information content (AvgIpc) is 2.21. The summed E-state index contributed by atoms with van der Waals surface area (Å²) in [5.41, 5.74) is 15.1. The summed E-state index contributed by atoms with van der Waals surface area (Å²) < 4.78 is 0. The summed E-state index contributed by atoms with van der Waals surface area (Å²) in [5, 5.41) is 0. The van der Waals surface area contributed by atoms with E-state index in [0.29, 0.717) is 0 Å². The van der Waals surface area contributed by atoms with Gasteiger partial charge in [0.15, 0.2) is 0 Å². The van der Waals surface area contributed by atoms with Crippen LogP contribution < -0.4 is 23.8 Å². The average molecular weight is 218 g/mol. The van der Waals surface area contributed by atoms with Gasteiger partial charge in [-0.3, -0.25) is 0 Å². The Hall–Kier alpha value is -2.04. The summed E-state index contributed by atoms with van der Waals surface area (Å²) >= 11 is 0. The number of nitrogens with two attached hydrogens (primary N) is 2. The van der Waals surface area contributed by atoms with Gasteiger partial charge in [-0.25, -0.2) is 0 Å². The van der Waals surface area contributed by atoms with Crippen LogP contribution >= 0.6 is 0 Å². The van der Waals surface area contributed by atoms with Crippen LogP contribution in [0, 0.1) is 0 Å². The van der Waals surface area contributed by atoms with Crippen LogP contribution in [0.1, 0.15) is 0 Å². The van der Waals surface area contributed by atoms with E-state index in [2.05, 4.69) is 0 Å². The van der Waals surface area contributed by atoms with Crippen LogP contribution in [0.3, 0.4) is 0 Å².